The topological polar surface area (TPSA) is 76.7 Å². The summed E-state index contributed by atoms with van der Waals surface area (Å²) in [6, 6.07) is 20.6. The smallest absolute Gasteiger partial charge is 0.259 e. The lowest BCUT2D eigenvalue weighted by atomic mass is 10.0. The van der Waals surface area contributed by atoms with E-state index in [0.29, 0.717) is 11.2 Å². The summed E-state index contributed by atoms with van der Waals surface area (Å²) in [6.45, 7) is 10.4. The molecule has 2 aliphatic rings. The van der Waals surface area contributed by atoms with Crippen LogP contribution in [0.15, 0.2) is 71.7 Å². The highest BCUT2D eigenvalue weighted by Crippen LogP contribution is 2.34. The molecule has 38 heavy (non-hydrogen) atoms. The summed E-state index contributed by atoms with van der Waals surface area (Å²) in [6.07, 6.45) is 1.82. The normalized spacial score (nSPS) is 16.7. The lowest BCUT2D eigenvalue weighted by molar-refractivity contribution is 0.122. The molecule has 0 radical (unpaired) electrons. The summed E-state index contributed by atoms with van der Waals surface area (Å²) in [5, 5.41) is 4.95. The van der Waals surface area contributed by atoms with Gasteiger partial charge < -0.3 is 29.7 Å². The number of hydrogen-bond donors (Lipinski definition) is 2. The van der Waals surface area contributed by atoms with Gasteiger partial charge >= 0.3 is 0 Å². The number of rotatable bonds is 6. The van der Waals surface area contributed by atoms with Crippen molar-refractivity contribution in [2.45, 2.75) is 6.92 Å². The number of piperazine rings is 1. The highest BCUT2D eigenvalue weighted by atomic mass is 16.5. The van der Waals surface area contributed by atoms with Crippen LogP contribution in [-0.2, 0) is 4.74 Å². The zero-order chi connectivity index (χ0) is 25.9. The van der Waals surface area contributed by atoms with Crippen LogP contribution in [0, 0.1) is 0 Å². The minimum atomic E-state index is -0.151. The largest absolute Gasteiger partial charge is 0.378 e. The molecule has 2 aliphatic heterocycles. The molecule has 0 spiro atoms. The molecular weight excluding hydrogens is 476 g/mol. The summed E-state index contributed by atoms with van der Waals surface area (Å²) in [5.41, 5.74) is 3.96. The Balaban J connectivity index is 1.41. The molecule has 0 saturated carbocycles. The van der Waals surface area contributed by atoms with E-state index in [2.05, 4.69) is 74.4 Å². The van der Waals surface area contributed by atoms with Crippen molar-refractivity contribution in [3.8, 4) is 11.1 Å². The zero-order valence-corrected chi connectivity index (χ0v) is 21.8. The van der Waals surface area contributed by atoms with E-state index in [4.69, 9.17) is 9.72 Å². The fraction of sp³-hybridized carbons (Fsp3) is 0.333. The number of benzene rings is 2. The number of fused-ring (bicyclic) bond motifs is 1. The first-order valence-corrected chi connectivity index (χ1v) is 13.5. The third-order valence-electron chi connectivity index (χ3n) is 7.61. The van der Waals surface area contributed by atoms with Gasteiger partial charge in [-0.15, -0.1) is 0 Å². The molecular formula is C30H34N6O2. The second kappa shape index (κ2) is 10.8. The van der Waals surface area contributed by atoms with Gasteiger partial charge in [-0.1, -0.05) is 37.3 Å². The van der Waals surface area contributed by atoms with E-state index in [-0.39, 0.29) is 5.56 Å². The fourth-order valence-electron chi connectivity index (χ4n) is 5.38. The Morgan fingerprint density at radius 1 is 0.921 bits per heavy atom. The summed E-state index contributed by atoms with van der Waals surface area (Å²) in [5.74, 6) is 1.47. The van der Waals surface area contributed by atoms with E-state index in [1.807, 2.05) is 24.4 Å². The third-order valence-corrected chi connectivity index (χ3v) is 7.61. The quantitative estimate of drug-likeness (QED) is 0.400. The average molecular weight is 511 g/mol. The average Bonchev–Trinajstić information content (AvgIpc) is 2.98. The van der Waals surface area contributed by atoms with Gasteiger partial charge in [0.1, 0.15) is 11.6 Å². The summed E-state index contributed by atoms with van der Waals surface area (Å²) < 4.78 is 5.49. The maximum Gasteiger partial charge on any atom is 0.259 e. The number of aromatic nitrogens is 2. The Morgan fingerprint density at radius 3 is 2.37 bits per heavy atom. The number of aromatic amines is 1. The standard InChI is InChI=1S/C30H34N6O2/c1-2-34-12-14-36(15-13-34)27-20-25-26(22-6-4-3-5-7-22)21-31-30(37)28(25)29(33-27)32-23-8-10-24(11-9-23)35-16-18-38-19-17-35/h3-11,20-21H,2,12-19H2,1H3,(H,31,37)(H,32,33). The van der Waals surface area contributed by atoms with E-state index < -0.39 is 0 Å². The van der Waals surface area contributed by atoms with Crippen LogP contribution in [0.25, 0.3) is 21.9 Å². The Bertz CT molecular complexity index is 1440. The van der Waals surface area contributed by atoms with E-state index in [1.165, 1.54) is 5.69 Å². The number of hydrogen-bond acceptors (Lipinski definition) is 7. The van der Waals surface area contributed by atoms with Gasteiger partial charge in [0.15, 0.2) is 0 Å². The maximum atomic E-state index is 13.2. The second-order valence-electron chi connectivity index (χ2n) is 9.84. The van der Waals surface area contributed by atoms with Crippen molar-refractivity contribution in [3.05, 3.63) is 77.2 Å². The number of H-pyrrole nitrogens is 1. The number of morpholine rings is 1. The fourth-order valence-corrected chi connectivity index (χ4v) is 5.38. The molecule has 2 saturated heterocycles. The second-order valence-corrected chi connectivity index (χ2v) is 9.84. The number of ether oxygens (including phenoxy) is 1. The lowest BCUT2D eigenvalue weighted by Crippen LogP contribution is -2.46. The van der Waals surface area contributed by atoms with Gasteiger partial charge in [0.25, 0.3) is 5.56 Å². The molecule has 0 unspecified atom stereocenters. The Hall–Kier alpha value is -3.88. The molecule has 8 nitrogen and oxygen atoms in total. The van der Waals surface area contributed by atoms with Crippen LogP contribution < -0.4 is 20.7 Å². The van der Waals surface area contributed by atoms with Crippen LogP contribution in [0.3, 0.4) is 0 Å². The molecule has 2 aromatic carbocycles. The van der Waals surface area contributed by atoms with Gasteiger partial charge in [-0.2, -0.15) is 0 Å². The zero-order valence-electron chi connectivity index (χ0n) is 21.8. The highest BCUT2D eigenvalue weighted by Gasteiger charge is 2.21. The number of nitrogens with zero attached hydrogens (tertiary/aromatic N) is 4. The van der Waals surface area contributed by atoms with E-state index in [9.17, 15) is 4.79 Å². The maximum absolute atomic E-state index is 13.2. The van der Waals surface area contributed by atoms with Crippen molar-refractivity contribution in [1.82, 2.24) is 14.9 Å². The Kier molecular flexibility index (Phi) is 6.98. The molecule has 4 aromatic rings. The minimum absolute atomic E-state index is 0.151. The number of anilines is 4. The number of nitrogens with one attached hydrogen (secondary N) is 2. The van der Waals surface area contributed by atoms with Crippen LogP contribution in [0.2, 0.25) is 0 Å². The molecule has 0 amide bonds. The summed E-state index contributed by atoms with van der Waals surface area (Å²) in [4.78, 5) is 28.3. The van der Waals surface area contributed by atoms with Crippen molar-refractivity contribution in [3.63, 3.8) is 0 Å². The SMILES string of the molecule is CCN1CCN(c2cc3c(-c4ccccc4)c[nH]c(=O)c3c(Nc3ccc(N4CCOCC4)cc3)n2)CC1. The first-order chi connectivity index (χ1) is 18.7. The molecule has 2 fully saturated rings. The molecule has 196 valence electrons. The van der Waals surface area contributed by atoms with E-state index in [1.54, 1.807) is 0 Å². The van der Waals surface area contributed by atoms with Gasteiger partial charge in [0.2, 0.25) is 0 Å². The van der Waals surface area contributed by atoms with Gasteiger partial charge in [-0.05, 0) is 42.4 Å². The molecule has 0 atom stereocenters. The summed E-state index contributed by atoms with van der Waals surface area (Å²) >= 11 is 0. The Morgan fingerprint density at radius 2 is 1.66 bits per heavy atom. The van der Waals surface area contributed by atoms with Crippen LogP contribution in [0.4, 0.5) is 23.0 Å². The third kappa shape index (κ3) is 4.97. The predicted molar refractivity (Wildman–Crippen MR) is 155 cm³/mol. The molecule has 0 aliphatic carbocycles. The van der Waals surface area contributed by atoms with Crippen LogP contribution in [-0.4, -0.2) is 73.9 Å². The van der Waals surface area contributed by atoms with Crippen molar-refractivity contribution in [1.29, 1.82) is 0 Å². The first-order valence-electron chi connectivity index (χ1n) is 13.5. The monoisotopic (exact) mass is 510 g/mol. The lowest BCUT2D eigenvalue weighted by Gasteiger charge is -2.35. The minimum Gasteiger partial charge on any atom is -0.378 e. The van der Waals surface area contributed by atoms with Crippen LogP contribution >= 0.6 is 0 Å². The molecule has 8 heteroatoms. The molecule has 2 aromatic heterocycles. The van der Waals surface area contributed by atoms with Crippen molar-refractivity contribution >= 4 is 33.8 Å². The van der Waals surface area contributed by atoms with Gasteiger partial charge in [0.05, 0.1) is 18.6 Å². The first kappa shape index (κ1) is 24.5. The van der Waals surface area contributed by atoms with Crippen molar-refractivity contribution in [2.24, 2.45) is 0 Å². The predicted octanol–water partition coefficient (Wildman–Crippen LogP) is 4.31. The van der Waals surface area contributed by atoms with Crippen molar-refractivity contribution in [2.75, 3.05) is 74.1 Å². The van der Waals surface area contributed by atoms with E-state index >= 15 is 0 Å². The molecule has 4 heterocycles. The molecule has 0 bridgehead atoms. The van der Waals surface area contributed by atoms with Gasteiger partial charge in [-0.3, -0.25) is 4.79 Å². The van der Waals surface area contributed by atoms with E-state index in [0.717, 1.165) is 87.0 Å². The number of likely N-dealkylation sites (N-methyl/N-ethyl adjacent to an activating group) is 1. The Labute approximate surface area is 222 Å². The van der Waals surface area contributed by atoms with Crippen LogP contribution in [0.5, 0.6) is 0 Å². The van der Waals surface area contributed by atoms with Crippen LogP contribution in [0.1, 0.15) is 6.92 Å². The number of pyridine rings is 2. The molecule has 6 rings (SSSR count). The highest BCUT2D eigenvalue weighted by molar-refractivity contribution is 6.03. The van der Waals surface area contributed by atoms with Crippen molar-refractivity contribution < 1.29 is 4.74 Å². The molecule has 2 N–H and O–H groups in total. The van der Waals surface area contributed by atoms with Gasteiger partial charge in [-0.25, -0.2) is 4.98 Å². The van der Waals surface area contributed by atoms with Gasteiger partial charge in [0, 0.05) is 67.8 Å². The summed E-state index contributed by atoms with van der Waals surface area (Å²) in [7, 11) is 0.